The number of hydrogen-bond donors (Lipinski definition) is 1. The van der Waals surface area contributed by atoms with E-state index >= 15 is 0 Å². The van der Waals surface area contributed by atoms with Crippen molar-refractivity contribution in [2.24, 2.45) is 0 Å². The molecule has 37 heavy (non-hydrogen) atoms. The highest BCUT2D eigenvalue weighted by Gasteiger charge is 2.19. The van der Waals surface area contributed by atoms with Gasteiger partial charge >= 0.3 is 12.1 Å². The molecule has 3 rings (SSSR count). The van der Waals surface area contributed by atoms with E-state index in [0.717, 1.165) is 6.42 Å². The molecule has 8 nitrogen and oxygen atoms in total. The number of aromatic nitrogens is 1. The van der Waals surface area contributed by atoms with Crippen LogP contribution in [0.3, 0.4) is 0 Å². The first-order chi connectivity index (χ1) is 17.9. The molecule has 8 heteroatoms. The lowest BCUT2D eigenvalue weighted by molar-refractivity contribution is -0.121. The molecule has 198 valence electrons. The average molecular weight is 510 g/mol. The number of Topliss-reactive ketones (excluding diaryl/α,β-unsaturated/α-hetero) is 1. The fraction of sp³-hybridized carbons (Fsp3) is 0.414. The summed E-state index contributed by atoms with van der Waals surface area (Å²) in [5.74, 6) is -0.0595. The summed E-state index contributed by atoms with van der Waals surface area (Å²) in [6, 6.07) is 12.4. The molecule has 0 aliphatic rings. The van der Waals surface area contributed by atoms with Gasteiger partial charge in [0.25, 0.3) is 0 Å². The van der Waals surface area contributed by atoms with Crippen molar-refractivity contribution in [2.45, 2.75) is 65.3 Å². The molecular formula is C29H35NO7. The first-order valence-corrected chi connectivity index (χ1v) is 12.9. The molecule has 0 aliphatic carbocycles. The minimum absolute atomic E-state index is 0.0227. The third kappa shape index (κ3) is 8.37. The van der Waals surface area contributed by atoms with Crippen LogP contribution in [0.15, 0.2) is 48.7 Å². The number of esters is 1. The summed E-state index contributed by atoms with van der Waals surface area (Å²) in [5.41, 5.74) is 2.06. The summed E-state index contributed by atoms with van der Waals surface area (Å²) >= 11 is 0. The van der Waals surface area contributed by atoms with E-state index in [1.165, 1.54) is 62.4 Å². The molecule has 0 fully saturated rings. The normalized spacial score (nSPS) is 10.9. The Balaban J connectivity index is 1.59. The zero-order valence-electron chi connectivity index (χ0n) is 21.5. The van der Waals surface area contributed by atoms with E-state index in [2.05, 4.69) is 6.92 Å². The molecule has 0 aliphatic heterocycles. The van der Waals surface area contributed by atoms with Gasteiger partial charge in [0.1, 0.15) is 18.1 Å². The van der Waals surface area contributed by atoms with E-state index in [1.807, 2.05) is 24.3 Å². The SMILES string of the molecule is CCCCCCCCc1ccc(OCC(=O)Cn2cc(C(=O)OCC)c3cc(OC(=O)O)ccc32)cc1. The Labute approximate surface area is 217 Å². The van der Waals surface area contributed by atoms with Gasteiger partial charge in [-0.15, -0.1) is 0 Å². The summed E-state index contributed by atoms with van der Waals surface area (Å²) in [6.07, 6.45) is 8.67. The molecule has 0 bridgehead atoms. The van der Waals surface area contributed by atoms with Crippen molar-refractivity contribution in [3.63, 3.8) is 0 Å². The number of benzene rings is 2. The van der Waals surface area contributed by atoms with Crippen molar-refractivity contribution in [2.75, 3.05) is 13.2 Å². The molecule has 3 aromatic rings. The van der Waals surface area contributed by atoms with Gasteiger partial charge in [0.15, 0.2) is 5.78 Å². The molecule has 0 saturated carbocycles. The molecule has 1 N–H and O–H groups in total. The first kappa shape index (κ1) is 27.8. The van der Waals surface area contributed by atoms with Crippen molar-refractivity contribution in [3.8, 4) is 11.5 Å². The second kappa shape index (κ2) is 14.1. The molecule has 2 aromatic carbocycles. The van der Waals surface area contributed by atoms with Gasteiger partial charge in [0.2, 0.25) is 0 Å². The van der Waals surface area contributed by atoms with Crippen molar-refractivity contribution < 1.29 is 33.7 Å². The molecule has 0 atom stereocenters. The fourth-order valence-corrected chi connectivity index (χ4v) is 4.20. The van der Waals surface area contributed by atoms with E-state index < -0.39 is 12.1 Å². The number of aryl methyl sites for hydroxylation is 1. The smallest absolute Gasteiger partial charge is 0.486 e. The number of ketones is 1. The maximum atomic E-state index is 12.7. The number of rotatable bonds is 15. The Morgan fingerprint density at radius 3 is 2.30 bits per heavy atom. The van der Waals surface area contributed by atoms with Crippen molar-refractivity contribution >= 4 is 28.8 Å². The van der Waals surface area contributed by atoms with Crippen LogP contribution in [0.1, 0.15) is 68.3 Å². The van der Waals surface area contributed by atoms with Gasteiger partial charge in [-0.2, -0.15) is 0 Å². The van der Waals surface area contributed by atoms with Crippen molar-refractivity contribution in [1.82, 2.24) is 4.57 Å². The van der Waals surface area contributed by atoms with Crippen LogP contribution in [-0.2, 0) is 22.5 Å². The highest BCUT2D eigenvalue weighted by atomic mass is 16.7. The minimum Gasteiger partial charge on any atom is -0.486 e. The van der Waals surface area contributed by atoms with Gasteiger partial charge in [0, 0.05) is 17.1 Å². The molecular weight excluding hydrogens is 474 g/mol. The molecule has 0 saturated heterocycles. The molecule has 1 heterocycles. The van der Waals surface area contributed by atoms with Crippen LogP contribution in [0.4, 0.5) is 4.79 Å². The van der Waals surface area contributed by atoms with Crippen LogP contribution in [0.5, 0.6) is 11.5 Å². The van der Waals surface area contributed by atoms with E-state index in [0.29, 0.717) is 16.7 Å². The highest BCUT2D eigenvalue weighted by Crippen LogP contribution is 2.27. The summed E-state index contributed by atoms with van der Waals surface area (Å²) in [7, 11) is 0. The number of carbonyl (C=O) groups excluding carboxylic acids is 2. The summed E-state index contributed by atoms with van der Waals surface area (Å²) in [6.45, 7) is 3.95. The van der Waals surface area contributed by atoms with Gasteiger partial charge in [-0.25, -0.2) is 9.59 Å². The monoisotopic (exact) mass is 509 g/mol. The van der Waals surface area contributed by atoms with Crippen molar-refractivity contribution in [1.29, 1.82) is 0 Å². The van der Waals surface area contributed by atoms with Gasteiger partial charge in [-0.05, 0) is 55.7 Å². The topological polar surface area (TPSA) is 104 Å². The van der Waals surface area contributed by atoms with Crippen LogP contribution in [0.2, 0.25) is 0 Å². The van der Waals surface area contributed by atoms with E-state index in [9.17, 15) is 14.4 Å². The van der Waals surface area contributed by atoms with Crippen molar-refractivity contribution in [3.05, 3.63) is 59.8 Å². The van der Waals surface area contributed by atoms with Gasteiger partial charge in [0.05, 0.1) is 18.7 Å². The van der Waals surface area contributed by atoms with E-state index in [4.69, 9.17) is 19.3 Å². The Kier molecular flexibility index (Phi) is 10.6. The molecule has 0 spiro atoms. The lowest BCUT2D eigenvalue weighted by atomic mass is 10.0. The second-order valence-electron chi connectivity index (χ2n) is 8.93. The van der Waals surface area contributed by atoms with Crippen LogP contribution in [0, 0.1) is 0 Å². The first-order valence-electron chi connectivity index (χ1n) is 12.9. The van der Waals surface area contributed by atoms with Gasteiger partial charge < -0.3 is 23.9 Å². The number of nitrogens with zero attached hydrogens (tertiary/aromatic N) is 1. The number of fused-ring (bicyclic) bond motifs is 1. The second-order valence-corrected chi connectivity index (χ2v) is 8.93. The molecule has 0 unspecified atom stereocenters. The Morgan fingerprint density at radius 1 is 0.892 bits per heavy atom. The number of unbranched alkanes of at least 4 members (excludes halogenated alkanes) is 5. The summed E-state index contributed by atoms with van der Waals surface area (Å²) in [4.78, 5) is 36.0. The number of hydrogen-bond acceptors (Lipinski definition) is 6. The largest absolute Gasteiger partial charge is 0.511 e. The Bertz CT molecular complexity index is 1200. The lowest BCUT2D eigenvalue weighted by Gasteiger charge is -2.09. The number of carboxylic acid groups (broad SMARTS) is 1. The minimum atomic E-state index is -1.46. The predicted octanol–water partition coefficient (Wildman–Crippen LogP) is 6.43. The lowest BCUT2D eigenvalue weighted by Crippen LogP contribution is -2.17. The Morgan fingerprint density at radius 2 is 1.59 bits per heavy atom. The highest BCUT2D eigenvalue weighted by molar-refractivity contribution is 6.05. The molecule has 0 radical (unpaired) electrons. The fourth-order valence-electron chi connectivity index (χ4n) is 4.20. The molecule has 1 aromatic heterocycles. The zero-order valence-corrected chi connectivity index (χ0v) is 21.5. The Hall–Kier alpha value is -3.81. The summed E-state index contributed by atoms with van der Waals surface area (Å²) < 4.78 is 17.1. The molecule has 0 amide bonds. The van der Waals surface area contributed by atoms with Gasteiger partial charge in [-0.1, -0.05) is 51.2 Å². The van der Waals surface area contributed by atoms with E-state index in [-0.39, 0.29) is 36.9 Å². The third-order valence-electron chi connectivity index (χ3n) is 6.04. The third-order valence-corrected chi connectivity index (χ3v) is 6.04. The maximum absolute atomic E-state index is 12.7. The van der Waals surface area contributed by atoms with Crippen LogP contribution in [-0.4, -0.2) is 40.8 Å². The number of carbonyl (C=O) groups is 3. The van der Waals surface area contributed by atoms with Crippen LogP contribution in [0.25, 0.3) is 10.9 Å². The van der Waals surface area contributed by atoms with E-state index in [1.54, 1.807) is 17.6 Å². The summed E-state index contributed by atoms with van der Waals surface area (Å²) in [5, 5.41) is 9.33. The standard InChI is InChI=1S/C29H35NO7/c1-3-5-6-7-8-9-10-21-11-13-23(14-12-21)36-20-22(31)18-30-19-26(28(32)35-4-2)25-17-24(37-29(33)34)15-16-27(25)30/h11-17,19H,3-10,18,20H2,1-2H3,(H,33,34). The van der Waals surface area contributed by atoms with Crippen LogP contribution >= 0.6 is 0 Å². The maximum Gasteiger partial charge on any atom is 0.511 e. The zero-order chi connectivity index (χ0) is 26.6. The van der Waals surface area contributed by atoms with Crippen LogP contribution < -0.4 is 9.47 Å². The predicted molar refractivity (Wildman–Crippen MR) is 141 cm³/mol. The quantitative estimate of drug-likeness (QED) is 0.143. The average Bonchev–Trinajstić information content (AvgIpc) is 3.23. The van der Waals surface area contributed by atoms with Gasteiger partial charge in [-0.3, -0.25) is 4.79 Å². The number of ether oxygens (including phenoxy) is 3.